The van der Waals surface area contributed by atoms with E-state index in [4.69, 9.17) is 14.2 Å². The average molecular weight is 311 g/mol. The second kappa shape index (κ2) is 6.16. The largest absolute Gasteiger partial charge is 0.504 e. The number of rotatable bonds is 4. The maximum absolute atomic E-state index is 5.62. The molecule has 3 saturated heterocycles. The van der Waals surface area contributed by atoms with Gasteiger partial charge in [0.25, 0.3) is 0 Å². The van der Waals surface area contributed by atoms with Crippen LogP contribution in [0.5, 0.6) is 0 Å². The summed E-state index contributed by atoms with van der Waals surface area (Å²) >= 11 is 0. The zero-order chi connectivity index (χ0) is 15.6. The molecule has 0 saturated carbocycles. The Balaban J connectivity index is 1.63. The first kappa shape index (κ1) is 14.5. The van der Waals surface area contributed by atoms with Crippen molar-refractivity contribution in [1.29, 1.82) is 0 Å². The van der Waals surface area contributed by atoms with Crippen molar-refractivity contribution >= 4 is 5.57 Å². The predicted molar refractivity (Wildman–Crippen MR) is 86.7 cm³/mol. The summed E-state index contributed by atoms with van der Waals surface area (Å²) in [6.07, 6.45) is 4.16. The van der Waals surface area contributed by atoms with E-state index in [-0.39, 0.29) is 0 Å². The number of piperidine rings is 3. The minimum atomic E-state index is 0.373. The van der Waals surface area contributed by atoms with Gasteiger partial charge in [0.05, 0.1) is 24.9 Å². The van der Waals surface area contributed by atoms with Crippen LogP contribution in [0.15, 0.2) is 41.1 Å². The number of benzene rings is 1. The van der Waals surface area contributed by atoms with Gasteiger partial charge in [-0.05, 0) is 37.4 Å². The monoisotopic (exact) mass is 311 g/mol. The topological polar surface area (TPSA) is 51.4 Å². The Labute approximate surface area is 135 Å². The summed E-state index contributed by atoms with van der Waals surface area (Å²) in [5.41, 5.74) is 1.87. The normalized spacial score (nSPS) is 27.2. The number of fused-ring (bicyclic) bond motifs is 3. The van der Waals surface area contributed by atoms with Gasteiger partial charge in [0.2, 0.25) is 11.7 Å². The molecule has 0 radical (unpaired) electrons. The molecule has 0 spiro atoms. The molecule has 5 heteroatoms. The van der Waals surface area contributed by atoms with Gasteiger partial charge in [-0.15, -0.1) is 0 Å². The number of aromatic nitrogens is 2. The fourth-order valence-electron chi connectivity index (χ4n) is 3.73. The van der Waals surface area contributed by atoms with E-state index in [1.807, 2.05) is 30.3 Å². The summed E-state index contributed by atoms with van der Waals surface area (Å²) in [5, 5.41) is 4.22. The van der Waals surface area contributed by atoms with Gasteiger partial charge in [0.1, 0.15) is 0 Å². The Hall–Kier alpha value is -2.14. The highest BCUT2D eigenvalue weighted by Crippen LogP contribution is 2.38. The van der Waals surface area contributed by atoms with Gasteiger partial charge in [-0.3, -0.25) is 0 Å². The van der Waals surface area contributed by atoms with E-state index in [0.717, 1.165) is 23.6 Å². The third-order valence-electron chi connectivity index (χ3n) is 4.98. The van der Waals surface area contributed by atoms with Gasteiger partial charge >= 0.3 is 0 Å². The number of ether oxygens (including phenoxy) is 1. The summed E-state index contributed by atoms with van der Waals surface area (Å²) in [5.74, 6) is 2.43. The number of hydrogen-bond donors (Lipinski definition) is 0. The van der Waals surface area contributed by atoms with Crippen molar-refractivity contribution < 1.29 is 9.26 Å². The molecule has 1 aromatic heterocycles. The highest BCUT2D eigenvalue weighted by molar-refractivity contribution is 5.75. The summed E-state index contributed by atoms with van der Waals surface area (Å²) < 4.78 is 10.8. The van der Waals surface area contributed by atoms with Crippen LogP contribution in [0.25, 0.3) is 5.57 Å². The molecule has 5 nitrogen and oxygen atoms in total. The van der Waals surface area contributed by atoms with Crippen molar-refractivity contribution in [3.8, 4) is 0 Å². The Kier molecular flexibility index (Phi) is 3.87. The van der Waals surface area contributed by atoms with Crippen molar-refractivity contribution in [2.24, 2.45) is 5.92 Å². The Bertz CT molecular complexity index is 687. The molecule has 0 N–H and O–H groups in total. The Morgan fingerprint density at radius 1 is 1.26 bits per heavy atom. The molecule has 23 heavy (non-hydrogen) atoms. The number of nitrogens with zero attached hydrogens (tertiary/aromatic N) is 3. The van der Waals surface area contributed by atoms with Gasteiger partial charge in [-0.2, -0.15) is 4.98 Å². The van der Waals surface area contributed by atoms with Crippen LogP contribution in [0.4, 0.5) is 0 Å². The van der Waals surface area contributed by atoms with Crippen molar-refractivity contribution in [3.63, 3.8) is 0 Å². The molecule has 5 rings (SSSR count). The maximum atomic E-state index is 5.62. The fraction of sp³-hybridized carbons (Fsp3) is 0.444. The van der Waals surface area contributed by atoms with Gasteiger partial charge in [0.15, 0.2) is 0 Å². The predicted octanol–water partition coefficient (Wildman–Crippen LogP) is 2.91. The van der Waals surface area contributed by atoms with Crippen molar-refractivity contribution in [3.05, 3.63) is 53.9 Å². The van der Waals surface area contributed by atoms with Crippen LogP contribution in [0.3, 0.4) is 0 Å². The Morgan fingerprint density at radius 2 is 2.04 bits per heavy atom. The van der Waals surface area contributed by atoms with E-state index in [0.29, 0.717) is 17.7 Å². The van der Waals surface area contributed by atoms with Gasteiger partial charge in [-0.25, -0.2) is 0 Å². The lowest BCUT2D eigenvalue weighted by atomic mass is 9.79. The zero-order valence-corrected chi connectivity index (χ0v) is 13.3. The minimum Gasteiger partial charge on any atom is -0.504 e. The fourth-order valence-corrected chi connectivity index (χ4v) is 3.73. The maximum Gasteiger partial charge on any atom is 0.231 e. The first-order valence-corrected chi connectivity index (χ1v) is 8.20. The molecule has 120 valence electrons. The molecule has 3 aliphatic rings. The first-order valence-electron chi connectivity index (χ1n) is 8.20. The van der Waals surface area contributed by atoms with Crippen LogP contribution >= 0.6 is 0 Å². The average Bonchev–Trinajstić information content (AvgIpc) is 3.11. The third kappa shape index (κ3) is 2.77. The van der Waals surface area contributed by atoms with Gasteiger partial charge < -0.3 is 14.2 Å². The molecule has 0 aliphatic carbocycles. The van der Waals surface area contributed by atoms with Crippen LogP contribution in [-0.2, 0) is 4.74 Å². The lowest BCUT2D eigenvalue weighted by Crippen LogP contribution is -2.46. The van der Waals surface area contributed by atoms with Crippen LogP contribution in [0.2, 0.25) is 0 Å². The van der Waals surface area contributed by atoms with Crippen molar-refractivity contribution in [2.45, 2.75) is 18.8 Å². The summed E-state index contributed by atoms with van der Waals surface area (Å²) in [7, 11) is 1.64. The molecule has 3 fully saturated rings. The van der Waals surface area contributed by atoms with Crippen molar-refractivity contribution in [1.82, 2.24) is 15.0 Å². The molecular weight excluding hydrogens is 290 g/mol. The number of hydrogen-bond acceptors (Lipinski definition) is 5. The van der Waals surface area contributed by atoms with Crippen LogP contribution in [-0.4, -0.2) is 41.8 Å². The van der Waals surface area contributed by atoms with Crippen LogP contribution < -0.4 is 0 Å². The molecule has 2 aromatic rings. The molecular formula is C18H21N3O2. The third-order valence-corrected chi connectivity index (χ3v) is 4.98. The molecule has 1 atom stereocenters. The quantitative estimate of drug-likeness (QED) is 0.813. The SMILES string of the molecule is COC=C(c1ccccc1)c1noc(C2CN3CCC2CC3)n1. The lowest BCUT2D eigenvalue weighted by Gasteiger charge is -2.43. The molecule has 2 bridgehead atoms. The standard InChI is InChI=1S/C18H21N3O2/c1-22-12-16(13-5-3-2-4-6-13)17-19-18(23-20-17)15-11-21-9-7-14(15)8-10-21/h2-6,12,14-15H,7-11H2,1H3. The second-order valence-corrected chi connectivity index (χ2v) is 6.33. The van der Waals surface area contributed by atoms with E-state index < -0.39 is 0 Å². The Morgan fingerprint density at radius 3 is 2.70 bits per heavy atom. The molecule has 1 unspecified atom stereocenters. The lowest BCUT2D eigenvalue weighted by molar-refractivity contribution is 0.0727. The molecule has 3 aliphatic heterocycles. The van der Waals surface area contributed by atoms with E-state index in [9.17, 15) is 0 Å². The van der Waals surface area contributed by atoms with E-state index in [1.165, 1.54) is 25.9 Å². The number of methoxy groups -OCH3 is 1. The molecule has 4 heterocycles. The van der Waals surface area contributed by atoms with Crippen LogP contribution in [0, 0.1) is 5.92 Å². The molecule has 1 aromatic carbocycles. The summed E-state index contributed by atoms with van der Waals surface area (Å²) in [6.45, 7) is 3.46. The van der Waals surface area contributed by atoms with Gasteiger partial charge in [-0.1, -0.05) is 35.5 Å². The highest BCUT2D eigenvalue weighted by Gasteiger charge is 2.38. The van der Waals surface area contributed by atoms with E-state index >= 15 is 0 Å². The van der Waals surface area contributed by atoms with Crippen molar-refractivity contribution in [2.75, 3.05) is 26.7 Å². The second-order valence-electron chi connectivity index (χ2n) is 6.33. The summed E-state index contributed by atoms with van der Waals surface area (Å²) in [4.78, 5) is 7.19. The summed E-state index contributed by atoms with van der Waals surface area (Å²) in [6, 6.07) is 10.0. The minimum absolute atomic E-state index is 0.373. The first-order chi connectivity index (χ1) is 11.3. The van der Waals surface area contributed by atoms with Gasteiger partial charge in [0, 0.05) is 6.54 Å². The van der Waals surface area contributed by atoms with E-state index in [2.05, 4.69) is 10.1 Å². The zero-order valence-electron chi connectivity index (χ0n) is 13.3. The van der Waals surface area contributed by atoms with Crippen LogP contribution in [0.1, 0.15) is 36.0 Å². The van der Waals surface area contributed by atoms with E-state index in [1.54, 1.807) is 13.4 Å². The molecule has 0 amide bonds. The smallest absolute Gasteiger partial charge is 0.231 e. The highest BCUT2D eigenvalue weighted by atomic mass is 16.5.